The zero-order valence-corrected chi connectivity index (χ0v) is 22.9. The lowest BCUT2D eigenvalue weighted by atomic mass is 9.83. The van der Waals surface area contributed by atoms with Crippen LogP contribution < -0.4 is 10.7 Å². The van der Waals surface area contributed by atoms with E-state index in [-0.39, 0.29) is 11.9 Å². The zero-order chi connectivity index (χ0) is 27.8. The quantitative estimate of drug-likeness (QED) is 0.320. The highest BCUT2D eigenvalue weighted by atomic mass is 16.5. The molecule has 0 bridgehead atoms. The number of benzene rings is 1. The molecule has 2 aliphatic rings. The van der Waals surface area contributed by atoms with Crippen LogP contribution in [0.3, 0.4) is 0 Å². The second kappa shape index (κ2) is 10.9. The molecule has 5 aromatic rings. The molecule has 1 atom stereocenters. The summed E-state index contributed by atoms with van der Waals surface area (Å²) >= 11 is 0. The Morgan fingerprint density at radius 2 is 1.90 bits per heavy atom. The SMILES string of the molecule is CC1CCC(Cn2c(N3CCOC[C@H]3c3ccccc3)nc3cc(-c4noc(=O)[nH]4)nc(-c4cnccn4)c32)CC1. The Hall–Kier alpha value is -4.38. The van der Waals surface area contributed by atoms with Crippen LogP contribution >= 0.6 is 0 Å². The number of hydrogen-bond acceptors (Lipinski definition) is 9. The van der Waals surface area contributed by atoms with Crippen molar-refractivity contribution in [2.24, 2.45) is 11.8 Å². The number of imidazole rings is 1. The third kappa shape index (κ3) is 5.01. The van der Waals surface area contributed by atoms with Gasteiger partial charge in [0.1, 0.15) is 17.1 Å². The van der Waals surface area contributed by atoms with Crippen LogP contribution in [0.5, 0.6) is 0 Å². The summed E-state index contributed by atoms with van der Waals surface area (Å²) in [7, 11) is 0. The van der Waals surface area contributed by atoms with E-state index in [1.807, 2.05) is 12.1 Å². The summed E-state index contributed by atoms with van der Waals surface area (Å²) in [5.41, 5.74) is 4.54. The summed E-state index contributed by atoms with van der Waals surface area (Å²) in [5, 5.41) is 3.90. The van der Waals surface area contributed by atoms with Gasteiger partial charge in [0.25, 0.3) is 0 Å². The topological polar surface area (TPSA) is 128 Å². The molecule has 1 saturated carbocycles. The lowest BCUT2D eigenvalue weighted by Gasteiger charge is -2.37. The van der Waals surface area contributed by atoms with Crippen molar-refractivity contribution >= 4 is 17.0 Å². The standard InChI is InChI=1S/C30H32N8O3/c1-19-7-9-20(10-8-19)17-38-27-22(34-29(38)37-13-14-40-18-25(37)21-5-3-2-4-6-21)15-23(28-35-30(39)41-36-28)33-26(27)24-16-31-11-12-32-24/h2-6,11-12,15-16,19-20,25H,7-10,13-14,17-18H2,1H3,(H,35,36,39)/t19?,20?,25-/m0/s1. The fraction of sp³-hybridized carbons (Fsp3) is 0.400. The van der Waals surface area contributed by atoms with E-state index in [0.29, 0.717) is 42.8 Å². The van der Waals surface area contributed by atoms with Gasteiger partial charge in [0.15, 0.2) is 0 Å². The van der Waals surface area contributed by atoms with Crippen LogP contribution in [0.15, 0.2) is 64.3 Å². The number of H-pyrrole nitrogens is 1. The Morgan fingerprint density at radius 1 is 1.05 bits per heavy atom. The predicted octanol–water partition coefficient (Wildman–Crippen LogP) is 4.64. The molecule has 1 aliphatic heterocycles. The molecule has 0 unspecified atom stereocenters. The van der Waals surface area contributed by atoms with Crippen molar-refractivity contribution in [1.82, 2.24) is 34.6 Å². The maximum atomic E-state index is 11.8. The zero-order valence-electron chi connectivity index (χ0n) is 22.9. The summed E-state index contributed by atoms with van der Waals surface area (Å²) in [6, 6.07) is 12.3. The number of aromatic amines is 1. The van der Waals surface area contributed by atoms with Gasteiger partial charge < -0.3 is 14.2 Å². The van der Waals surface area contributed by atoms with Gasteiger partial charge in [-0.05, 0) is 36.3 Å². The van der Waals surface area contributed by atoms with E-state index in [0.717, 1.165) is 29.4 Å². The van der Waals surface area contributed by atoms with E-state index in [9.17, 15) is 4.79 Å². The normalized spacial score (nSPS) is 21.4. The van der Waals surface area contributed by atoms with E-state index in [4.69, 9.17) is 19.2 Å². The van der Waals surface area contributed by atoms with Crippen molar-refractivity contribution in [2.45, 2.75) is 45.2 Å². The number of rotatable bonds is 6. The van der Waals surface area contributed by atoms with Crippen LogP contribution in [-0.4, -0.2) is 54.4 Å². The van der Waals surface area contributed by atoms with E-state index in [1.54, 1.807) is 18.6 Å². The molecule has 0 amide bonds. The van der Waals surface area contributed by atoms with Crippen LogP contribution in [0.2, 0.25) is 0 Å². The number of nitrogens with zero attached hydrogens (tertiary/aromatic N) is 7. The maximum Gasteiger partial charge on any atom is 0.439 e. The van der Waals surface area contributed by atoms with E-state index in [1.165, 1.54) is 31.2 Å². The minimum Gasteiger partial charge on any atom is -0.377 e. The van der Waals surface area contributed by atoms with Crippen LogP contribution in [0, 0.1) is 11.8 Å². The van der Waals surface area contributed by atoms with Gasteiger partial charge in [-0.2, -0.15) is 0 Å². The molecule has 0 radical (unpaired) electrons. The first-order valence-corrected chi connectivity index (χ1v) is 14.3. The molecule has 1 saturated heterocycles. The van der Waals surface area contributed by atoms with Crippen molar-refractivity contribution in [2.75, 3.05) is 24.7 Å². The monoisotopic (exact) mass is 552 g/mol. The summed E-state index contributed by atoms with van der Waals surface area (Å²) in [5.74, 6) is 1.77. The molecule has 4 aromatic heterocycles. The predicted molar refractivity (Wildman–Crippen MR) is 153 cm³/mol. The maximum absolute atomic E-state index is 11.8. The minimum atomic E-state index is -0.639. The Morgan fingerprint density at radius 3 is 2.66 bits per heavy atom. The van der Waals surface area contributed by atoms with Gasteiger partial charge in [-0.15, -0.1) is 0 Å². The smallest absolute Gasteiger partial charge is 0.377 e. The Bertz CT molecular complexity index is 1690. The molecule has 5 heterocycles. The van der Waals surface area contributed by atoms with Crippen molar-refractivity contribution in [3.8, 4) is 22.9 Å². The highest BCUT2D eigenvalue weighted by Crippen LogP contribution is 2.38. The number of morpholine rings is 1. The molecule has 41 heavy (non-hydrogen) atoms. The molecule has 2 fully saturated rings. The lowest BCUT2D eigenvalue weighted by molar-refractivity contribution is 0.0927. The first-order chi connectivity index (χ1) is 20.1. The largest absolute Gasteiger partial charge is 0.439 e. The number of nitrogens with one attached hydrogen (secondary N) is 1. The number of hydrogen-bond donors (Lipinski definition) is 1. The van der Waals surface area contributed by atoms with Gasteiger partial charge in [0, 0.05) is 25.5 Å². The highest BCUT2D eigenvalue weighted by Gasteiger charge is 2.32. The summed E-state index contributed by atoms with van der Waals surface area (Å²) in [6.45, 7) is 5.08. The molecule has 1 aromatic carbocycles. The summed E-state index contributed by atoms with van der Waals surface area (Å²) in [4.78, 5) is 35.9. The lowest BCUT2D eigenvalue weighted by Crippen LogP contribution is -2.41. The fourth-order valence-electron chi connectivity index (χ4n) is 6.16. The van der Waals surface area contributed by atoms with Gasteiger partial charge >= 0.3 is 5.76 Å². The molecular formula is C30H32N8O3. The van der Waals surface area contributed by atoms with Crippen LogP contribution in [0.25, 0.3) is 33.9 Å². The first-order valence-electron chi connectivity index (χ1n) is 14.3. The Kier molecular flexibility index (Phi) is 6.79. The second-order valence-electron chi connectivity index (χ2n) is 11.1. The molecule has 210 valence electrons. The third-order valence-corrected chi connectivity index (χ3v) is 8.34. The average molecular weight is 553 g/mol. The Balaban J connectivity index is 1.44. The second-order valence-corrected chi connectivity index (χ2v) is 11.1. The van der Waals surface area contributed by atoms with Crippen LogP contribution in [0.1, 0.15) is 44.2 Å². The molecule has 1 aliphatic carbocycles. The minimum absolute atomic E-state index is 0.0196. The van der Waals surface area contributed by atoms with Crippen molar-refractivity contribution in [3.05, 3.63) is 71.1 Å². The highest BCUT2D eigenvalue weighted by molar-refractivity contribution is 5.93. The van der Waals surface area contributed by atoms with Gasteiger partial charge in [-0.3, -0.25) is 19.5 Å². The molecule has 11 heteroatoms. The van der Waals surface area contributed by atoms with Gasteiger partial charge in [0.05, 0.1) is 36.5 Å². The van der Waals surface area contributed by atoms with Gasteiger partial charge in [-0.1, -0.05) is 55.3 Å². The first kappa shape index (κ1) is 25.6. The molecule has 7 rings (SSSR count). The average Bonchev–Trinajstić information content (AvgIpc) is 3.62. The van der Waals surface area contributed by atoms with Gasteiger partial charge in [-0.25, -0.2) is 14.8 Å². The summed E-state index contributed by atoms with van der Waals surface area (Å²) in [6.07, 6.45) is 9.83. The van der Waals surface area contributed by atoms with Crippen molar-refractivity contribution in [1.29, 1.82) is 0 Å². The molecule has 1 N–H and O–H groups in total. The van der Waals surface area contributed by atoms with E-state index >= 15 is 0 Å². The fourth-order valence-corrected chi connectivity index (χ4v) is 6.16. The van der Waals surface area contributed by atoms with Crippen molar-refractivity contribution < 1.29 is 9.26 Å². The Labute approximate surface area is 236 Å². The molecule has 11 nitrogen and oxygen atoms in total. The van der Waals surface area contributed by atoms with E-state index in [2.05, 4.69) is 60.8 Å². The number of fused-ring (bicyclic) bond motifs is 1. The number of aromatic nitrogens is 7. The van der Waals surface area contributed by atoms with Crippen molar-refractivity contribution in [3.63, 3.8) is 0 Å². The van der Waals surface area contributed by atoms with Crippen LogP contribution in [0.4, 0.5) is 5.95 Å². The number of ether oxygens (including phenoxy) is 1. The molecule has 0 spiro atoms. The third-order valence-electron chi connectivity index (χ3n) is 8.34. The van der Waals surface area contributed by atoms with E-state index < -0.39 is 5.76 Å². The summed E-state index contributed by atoms with van der Waals surface area (Å²) < 4.78 is 13.1. The van der Waals surface area contributed by atoms with Crippen LogP contribution in [-0.2, 0) is 11.3 Å². The molecular weight excluding hydrogens is 520 g/mol. The van der Waals surface area contributed by atoms with Gasteiger partial charge in [0.2, 0.25) is 11.8 Å². The number of pyridine rings is 1. The number of anilines is 1.